The number of aromatic amines is 1. The van der Waals surface area contributed by atoms with Crippen molar-refractivity contribution < 1.29 is 204 Å². The largest absolute Gasteiger partial charge is 1.00 e. The molecule has 1 aromatic rings. The number of aromatic nitrogens is 2. The van der Waals surface area contributed by atoms with Gasteiger partial charge in [-0.3, -0.25) is 32.8 Å². The fraction of sp³-hybridized carbons (Fsp3) is 0.368. The van der Waals surface area contributed by atoms with Crippen molar-refractivity contribution in [3.63, 3.8) is 0 Å². The molecule has 0 fully saturated rings. The quantitative estimate of drug-likeness (QED) is 0.0713. The van der Waals surface area contributed by atoms with Gasteiger partial charge in [0.1, 0.15) is 0 Å². The SMILES string of the molecule is CCOC(=O)C1=NN(C[CH-]S(=O)(=O)[O-])C(=O)/C1=C\C=C\c1c(C(=O)OCC)[nH]n(CCS(=O)(=O)[O-])c1=O.[K+].[K+].[K+]. The molecule has 0 unspecified atom stereocenters. The number of nitrogens with one attached hydrogen (secondary N) is 1. The van der Waals surface area contributed by atoms with Crippen molar-refractivity contribution in [3.05, 3.63) is 45.1 Å². The summed E-state index contributed by atoms with van der Waals surface area (Å²) in [6.45, 7) is 1.50. The van der Waals surface area contributed by atoms with Gasteiger partial charge < -0.3 is 18.6 Å². The average molecular weight is 679 g/mol. The molecule has 0 saturated heterocycles. The van der Waals surface area contributed by atoms with Gasteiger partial charge in [0, 0.05) is 0 Å². The van der Waals surface area contributed by atoms with Crippen LogP contribution in [0.15, 0.2) is 27.6 Å². The smallest absolute Gasteiger partial charge is 0.774 e. The molecule has 16 nitrogen and oxygen atoms in total. The maximum atomic E-state index is 12.7. The fourth-order valence-electron chi connectivity index (χ4n) is 2.86. The van der Waals surface area contributed by atoms with Gasteiger partial charge in [0.25, 0.3) is 11.5 Å². The van der Waals surface area contributed by atoms with Crippen molar-refractivity contribution in [1.82, 2.24) is 14.8 Å². The molecule has 204 valence electrons. The molecular formula is C19H21K3N4O12S2. The molecular weight excluding hydrogens is 658 g/mol. The number of hydrazone groups is 1. The second kappa shape index (κ2) is 19.6. The molecule has 0 atom stereocenters. The molecule has 2 rings (SSSR count). The number of amides is 1. The van der Waals surface area contributed by atoms with Gasteiger partial charge in [-0.2, -0.15) is 5.10 Å². The van der Waals surface area contributed by atoms with E-state index < -0.39 is 68.2 Å². The summed E-state index contributed by atoms with van der Waals surface area (Å²) in [5.41, 5.74) is -2.47. The molecule has 40 heavy (non-hydrogen) atoms. The first-order valence-corrected chi connectivity index (χ1v) is 13.4. The first-order valence-electron chi connectivity index (χ1n) is 10.4. The second-order valence-corrected chi connectivity index (χ2v) is 9.84. The van der Waals surface area contributed by atoms with E-state index in [-0.39, 0.29) is 190 Å². The molecule has 1 aliphatic heterocycles. The Morgan fingerprint density at radius 3 is 2.12 bits per heavy atom. The Kier molecular flexibility index (Phi) is 21.3. The van der Waals surface area contributed by atoms with E-state index in [0.717, 1.165) is 18.2 Å². The molecule has 1 aliphatic rings. The zero-order valence-corrected chi connectivity index (χ0v) is 33.4. The van der Waals surface area contributed by atoms with E-state index in [9.17, 15) is 45.1 Å². The number of esters is 2. The Labute approximate surface area is 357 Å². The van der Waals surface area contributed by atoms with Crippen molar-refractivity contribution >= 4 is 49.9 Å². The maximum Gasteiger partial charge on any atom is 1.00 e. The molecule has 0 radical (unpaired) electrons. The fourth-order valence-corrected chi connectivity index (χ4v) is 3.59. The van der Waals surface area contributed by atoms with Crippen LogP contribution in [0, 0.1) is 5.75 Å². The number of H-pyrrole nitrogens is 1. The number of ether oxygens (including phenoxy) is 2. The van der Waals surface area contributed by atoms with E-state index in [1.807, 2.05) is 0 Å². The predicted molar refractivity (Wildman–Crippen MR) is 122 cm³/mol. The van der Waals surface area contributed by atoms with Crippen LogP contribution in [0.3, 0.4) is 0 Å². The first-order chi connectivity index (χ1) is 17.2. The van der Waals surface area contributed by atoms with E-state index in [4.69, 9.17) is 9.47 Å². The van der Waals surface area contributed by atoms with Crippen LogP contribution in [0.4, 0.5) is 0 Å². The first kappa shape index (κ1) is 43.4. The number of aryl methyl sites for hydroxylation is 1. The van der Waals surface area contributed by atoms with Gasteiger partial charge in [-0.1, -0.05) is 12.6 Å². The van der Waals surface area contributed by atoms with Crippen LogP contribution in [-0.2, 0) is 45.8 Å². The van der Waals surface area contributed by atoms with Gasteiger partial charge in [0.2, 0.25) is 0 Å². The summed E-state index contributed by atoms with van der Waals surface area (Å²) < 4.78 is 75.7. The van der Waals surface area contributed by atoms with E-state index >= 15 is 0 Å². The summed E-state index contributed by atoms with van der Waals surface area (Å²) in [6.07, 6.45) is 3.16. The average Bonchev–Trinajstić information content (AvgIpc) is 3.27. The normalized spacial score (nSPS) is 14.3. The van der Waals surface area contributed by atoms with Gasteiger partial charge in [-0.05, 0) is 36.1 Å². The Bertz CT molecular complexity index is 1450. The molecule has 1 N–H and O–H groups in total. The molecule has 1 amide bonds. The maximum absolute atomic E-state index is 12.7. The predicted octanol–water partition coefficient (Wildman–Crippen LogP) is -10.7. The zero-order valence-electron chi connectivity index (χ0n) is 22.4. The minimum Gasteiger partial charge on any atom is -0.774 e. The van der Waals surface area contributed by atoms with Gasteiger partial charge in [-0.25, -0.2) is 23.8 Å². The van der Waals surface area contributed by atoms with Crippen molar-refractivity contribution in [2.24, 2.45) is 5.10 Å². The van der Waals surface area contributed by atoms with Crippen LogP contribution in [0.2, 0.25) is 0 Å². The van der Waals surface area contributed by atoms with E-state index in [1.165, 1.54) is 13.8 Å². The van der Waals surface area contributed by atoms with E-state index in [1.54, 1.807) is 0 Å². The van der Waals surface area contributed by atoms with Gasteiger partial charge in [0.15, 0.2) is 11.4 Å². The Balaban J connectivity index is 0. The van der Waals surface area contributed by atoms with Crippen LogP contribution < -0.4 is 160 Å². The summed E-state index contributed by atoms with van der Waals surface area (Å²) in [7, 11) is -9.50. The van der Waals surface area contributed by atoms with E-state index in [2.05, 4.69) is 10.2 Å². The summed E-state index contributed by atoms with van der Waals surface area (Å²) in [5, 5.41) is 6.60. The van der Waals surface area contributed by atoms with Gasteiger partial charge >= 0.3 is 166 Å². The molecule has 21 heteroatoms. The number of hydrogen-bond acceptors (Lipinski definition) is 13. The minimum absolute atomic E-state index is 0. The Morgan fingerprint density at radius 2 is 1.60 bits per heavy atom. The molecule has 2 heterocycles. The molecule has 1 aromatic heterocycles. The molecule has 0 aliphatic carbocycles. The molecule has 0 spiro atoms. The molecule has 0 aromatic carbocycles. The van der Waals surface area contributed by atoms with Crippen LogP contribution in [0.1, 0.15) is 29.9 Å². The number of rotatable bonds is 12. The number of carbonyl (C=O) groups excluding carboxylic acids is 3. The van der Waals surface area contributed by atoms with Crippen molar-refractivity contribution in [2.75, 3.05) is 25.5 Å². The number of allylic oxidation sites excluding steroid dienone is 2. The minimum atomic E-state index is -4.82. The summed E-state index contributed by atoms with van der Waals surface area (Å²) >= 11 is 0. The van der Waals surface area contributed by atoms with Crippen LogP contribution >= 0.6 is 0 Å². The third-order valence-electron chi connectivity index (χ3n) is 4.42. The summed E-state index contributed by atoms with van der Waals surface area (Å²) in [6, 6.07) is 0. The van der Waals surface area contributed by atoms with Crippen LogP contribution in [-0.4, -0.2) is 89.8 Å². The molecule has 0 saturated carbocycles. The summed E-state index contributed by atoms with van der Waals surface area (Å²) in [5.74, 6) is -3.64. The topological polar surface area (TPSA) is 237 Å². The van der Waals surface area contributed by atoms with E-state index in [0.29, 0.717) is 9.69 Å². The van der Waals surface area contributed by atoms with Gasteiger partial charge in [0.05, 0.1) is 46.8 Å². The Hall–Kier alpha value is 1.30. The monoisotopic (exact) mass is 678 g/mol. The third kappa shape index (κ3) is 13.5. The number of nitrogens with zero attached hydrogens (tertiary/aromatic N) is 3. The number of hydrogen-bond donors (Lipinski definition) is 1. The van der Waals surface area contributed by atoms with Crippen LogP contribution in [0.25, 0.3) is 6.08 Å². The number of carbonyl (C=O) groups is 3. The van der Waals surface area contributed by atoms with Crippen LogP contribution in [0.5, 0.6) is 0 Å². The zero-order chi connectivity index (χ0) is 28.0. The third-order valence-corrected chi connectivity index (χ3v) is 5.66. The van der Waals surface area contributed by atoms with Gasteiger partial charge in [-0.15, -0.1) is 0 Å². The second-order valence-electron chi connectivity index (χ2n) is 6.99. The van der Waals surface area contributed by atoms with Crippen molar-refractivity contribution in [3.8, 4) is 0 Å². The summed E-state index contributed by atoms with van der Waals surface area (Å²) in [4.78, 5) is 49.8. The molecule has 0 bridgehead atoms. The Morgan fingerprint density at radius 1 is 1.02 bits per heavy atom. The van der Waals surface area contributed by atoms with Crippen molar-refractivity contribution in [1.29, 1.82) is 0 Å². The standard InChI is InChI=1S/C19H23N4O12S2.3K/c1-3-34-18(26)14-12(16(24)22(20-14)8-10-36(28,29)30)6-5-7-13-15(19(27)35-4-2)21-23(17(13)25)9-11-37(31,32)33;;;/h5-7,10,21H,3-4,8-9,11H2,1-2H3,(H,28,29,30)(H,31,32,33);;;/q-1;3*+1/p-2/b7-5+,12-6-;;;. The van der Waals surface area contributed by atoms with Crippen molar-refractivity contribution in [2.45, 2.75) is 20.4 Å².